The summed E-state index contributed by atoms with van der Waals surface area (Å²) in [5.74, 6) is 1.24. The Hall–Kier alpha value is 0.01000. The average Bonchev–Trinajstić information content (AvgIpc) is 2.82. The number of unbranched alkanes of at least 4 members (excludes halogenated alkanes) is 2. The molecule has 0 aliphatic heterocycles. The molecule has 0 bridgehead atoms. The molecule has 0 fully saturated rings. The Labute approximate surface area is 108 Å². The van der Waals surface area contributed by atoms with Crippen LogP contribution in [0.15, 0.2) is 16.8 Å². The summed E-state index contributed by atoms with van der Waals surface area (Å²) in [6.45, 7) is 4.43. The molecule has 3 heteroatoms. The Morgan fingerprint density at radius 3 is 2.75 bits per heavy atom. The summed E-state index contributed by atoms with van der Waals surface area (Å²) in [5, 5.41) is 4.89. The number of thioether (sulfide) groups is 1. The smallest absolute Gasteiger partial charge is 0.0456 e. The van der Waals surface area contributed by atoms with Crippen LogP contribution in [-0.4, -0.2) is 11.8 Å². The first-order valence-corrected chi connectivity index (χ1v) is 8.18. The number of hydrogen-bond acceptors (Lipinski definition) is 3. The van der Waals surface area contributed by atoms with Gasteiger partial charge in [-0.1, -0.05) is 26.7 Å². The Morgan fingerprint density at radius 1 is 1.38 bits per heavy atom. The van der Waals surface area contributed by atoms with Gasteiger partial charge in [-0.15, -0.1) is 0 Å². The van der Waals surface area contributed by atoms with Gasteiger partial charge in [0.25, 0.3) is 0 Å². The van der Waals surface area contributed by atoms with E-state index >= 15 is 0 Å². The first-order chi connectivity index (χ1) is 7.79. The molecular formula is C13H23NS2. The van der Waals surface area contributed by atoms with Gasteiger partial charge in [0.2, 0.25) is 0 Å². The highest BCUT2D eigenvalue weighted by Crippen LogP contribution is 2.34. The maximum Gasteiger partial charge on any atom is 0.0456 e. The fourth-order valence-electron chi connectivity index (χ4n) is 1.68. The quantitative estimate of drug-likeness (QED) is 0.696. The van der Waals surface area contributed by atoms with Crippen LogP contribution >= 0.6 is 23.1 Å². The van der Waals surface area contributed by atoms with E-state index in [-0.39, 0.29) is 0 Å². The van der Waals surface area contributed by atoms with Crippen LogP contribution in [0.2, 0.25) is 0 Å². The van der Waals surface area contributed by atoms with Gasteiger partial charge in [-0.25, -0.2) is 0 Å². The van der Waals surface area contributed by atoms with E-state index in [1.165, 1.54) is 30.6 Å². The van der Waals surface area contributed by atoms with Crippen molar-refractivity contribution in [3.05, 3.63) is 22.4 Å². The molecule has 0 spiro atoms. The molecule has 0 saturated carbocycles. The molecule has 92 valence electrons. The second-order valence-electron chi connectivity index (χ2n) is 4.13. The molecule has 0 amide bonds. The van der Waals surface area contributed by atoms with Crippen molar-refractivity contribution in [2.24, 2.45) is 5.73 Å². The number of nitrogens with two attached hydrogens (primary N) is 1. The highest BCUT2D eigenvalue weighted by atomic mass is 32.2. The second kappa shape index (κ2) is 8.15. The zero-order valence-corrected chi connectivity index (χ0v) is 11.9. The number of hydrogen-bond donors (Lipinski definition) is 1. The zero-order chi connectivity index (χ0) is 11.8. The van der Waals surface area contributed by atoms with E-state index in [0.29, 0.717) is 11.3 Å². The van der Waals surface area contributed by atoms with Crippen molar-refractivity contribution in [3.8, 4) is 0 Å². The largest absolute Gasteiger partial charge is 0.326 e. The molecule has 2 N–H and O–H groups in total. The summed E-state index contributed by atoms with van der Waals surface area (Å²) in [4.78, 5) is 0. The van der Waals surface area contributed by atoms with E-state index in [1.54, 1.807) is 11.3 Å². The Balaban J connectivity index is 2.45. The maximum absolute atomic E-state index is 6.21. The van der Waals surface area contributed by atoms with E-state index in [2.05, 4.69) is 30.7 Å². The van der Waals surface area contributed by atoms with Gasteiger partial charge in [0.15, 0.2) is 0 Å². The molecule has 1 nitrogen and oxygen atoms in total. The van der Waals surface area contributed by atoms with E-state index in [9.17, 15) is 0 Å². The van der Waals surface area contributed by atoms with Gasteiger partial charge in [-0.05, 0) is 41.0 Å². The van der Waals surface area contributed by atoms with E-state index in [0.717, 1.165) is 6.42 Å². The SMILES string of the molecule is CCCCCSC(c1ccsc1)C(N)CC. The predicted molar refractivity (Wildman–Crippen MR) is 77.3 cm³/mol. The van der Waals surface area contributed by atoms with Crippen LogP contribution in [0.4, 0.5) is 0 Å². The van der Waals surface area contributed by atoms with Crippen LogP contribution in [0.25, 0.3) is 0 Å². The minimum atomic E-state index is 0.293. The third-order valence-corrected chi connectivity index (χ3v) is 4.98. The fourth-order valence-corrected chi connectivity index (χ4v) is 3.87. The predicted octanol–water partition coefficient (Wildman–Crippen LogP) is 4.45. The standard InChI is InChI=1S/C13H23NS2/c1-3-5-6-8-16-13(12(14)4-2)11-7-9-15-10-11/h7,9-10,12-13H,3-6,8,14H2,1-2H3. The van der Waals surface area contributed by atoms with Gasteiger partial charge < -0.3 is 5.73 Å². The van der Waals surface area contributed by atoms with Crippen LogP contribution in [0.5, 0.6) is 0 Å². The summed E-state index contributed by atoms with van der Waals surface area (Å²) in [6.07, 6.45) is 5.01. The Bertz CT molecular complexity index is 259. The van der Waals surface area contributed by atoms with Crippen molar-refractivity contribution in [1.29, 1.82) is 0 Å². The summed E-state index contributed by atoms with van der Waals surface area (Å²) < 4.78 is 0. The summed E-state index contributed by atoms with van der Waals surface area (Å²) in [6, 6.07) is 2.51. The first-order valence-electron chi connectivity index (χ1n) is 6.18. The Kier molecular flexibility index (Phi) is 7.17. The molecule has 16 heavy (non-hydrogen) atoms. The van der Waals surface area contributed by atoms with Gasteiger partial charge >= 0.3 is 0 Å². The third kappa shape index (κ3) is 4.48. The lowest BCUT2D eigenvalue weighted by atomic mass is 10.1. The highest BCUT2D eigenvalue weighted by molar-refractivity contribution is 7.99. The summed E-state index contributed by atoms with van der Waals surface area (Å²) >= 11 is 3.80. The molecule has 0 radical (unpaired) electrons. The molecule has 2 atom stereocenters. The minimum absolute atomic E-state index is 0.293. The molecule has 0 aliphatic carbocycles. The van der Waals surface area contributed by atoms with Crippen LogP contribution in [-0.2, 0) is 0 Å². The van der Waals surface area contributed by atoms with Crippen molar-refractivity contribution in [2.45, 2.75) is 50.8 Å². The maximum atomic E-state index is 6.21. The van der Waals surface area contributed by atoms with Crippen molar-refractivity contribution in [2.75, 3.05) is 5.75 Å². The molecule has 0 aromatic carbocycles. The van der Waals surface area contributed by atoms with Crippen molar-refractivity contribution in [3.63, 3.8) is 0 Å². The summed E-state index contributed by atoms with van der Waals surface area (Å²) in [5.41, 5.74) is 7.62. The first kappa shape index (κ1) is 14.1. The lowest BCUT2D eigenvalue weighted by Crippen LogP contribution is -2.25. The molecule has 0 saturated heterocycles. The molecular weight excluding hydrogens is 234 g/mol. The van der Waals surface area contributed by atoms with Crippen molar-refractivity contribution < 1.29 is 0 Å². The van der Waals surface area contributed by atoms with Crippen LogP contribution in [0, 0.1) is 0 Å². The number of thiophene rings is 1. The third-order valence-electron chi connectivity index (χ3n) is 2.78. The van der Waals surface area contributed by atoms with Gasteiger partial charge in [0.05, 0.1) is 0 Å². The van der Waals surface area contributed by atoms with Gasteiger partial charge in [-0.3, -0.25) is 0 Å². The molecule has 0 aliphatic rings. The second-order valence-corrected chi connectivity index (χ2v) is 6.16. The molecule has 1 aromatic heterocycles. The van der Waals surface area contributed by atoms with Gasteiger partial charge in [0, 0.05) is 11.3 Å². The molecule has 1 heterocycles. The fraction of sp³-hybridized carbons (Fsp3) is 0.692. The summed E-state index contributed by atoms with van der Waals surface area (Å²) in [7, 11) is 0. The van der Waals surface area contributed by atoms with Crippen LogP contribution in [0.1, 0.15) is 50.3 Å². The van der Waals surface area contributed by atoms with Crippen LogP contribution < -0.4 is 5.73 Å². The average molecular weight is 257 g/mol. The lowest BCUT2D eigenvalue weighted by Gasteiger charge is -2.21. The van der Waals surface area contributed by atoms with Gasteiger partial charge in [-0.2, -0.15) is 23.1 Å². The van der Waals surface area contributed by atoms with E-state index < -0.39 is 0 Å². The zero-order valence-electron chi connectivity index (χ0n) is 10.3. The Morgan fingerprint density at radius 2 is 2.19 bits per heavy atom. The van der Waals surface area contributed by atoms with E-state index in [1.807, 2.05) is 11.8 Å². The topological polar surface area (TPSA) is 26.0 Å². The van der Waals surface area contributed by atoms with Crippen LogP contribution in [0.3, 0.4) is 0 Å². The van der Waals surface area contributed by atoms with Crippen molar-refractivity contribution in [1.82, 2.24) is 0 Å². The van der Waals surface area contributed by atoms with Crippen molar-refractivity contribution >= 4 is 23.1 Å². The monoisotopic (exact) mass is 257 g/mol. The normalized spacial score (nSPS) is 14.9. The lowest BCUT2D eigenvalue weighted by molar-refractivity contribution is 0.634. The molecule has 1 aromatic rings. The number of rotatable bonds is 8. The minimum Gasteiger partial charge on any atom is -0.326 e. The van der Waals surface area contributed by atoms with E-state index in [4.69, 9.17) is 5.73 Å². The van der Waals surface area contributed by atoms with Gasteiger partial charge in [0.1, 0.15) is 0 Å². The molecule has 2 unspecified atom stereocenters. The molecule has 1 rings (SSSR count). The highest BCUT2D eigenvalue weighted by Gasteiger charge is 2.18.